The van der Waals surface area contributed by atoms with Gasteiger partial charge < -0.3 is 5.11 Å². The van der Waals surface area contributed by atoms with Gasteiger partial charge in [-0.2, -0.15) is 8.78 Å². The van der Waals surface area contributed by atoms with Gasteiger partial charge in [0.05, 0.1) is 0 Å². The van der Waals surface area contributed by atoms with Crippen molar-refractivity contribution in [1.29, 1.82) is 0 Å². The first-order valence-electron chi connectivity index (χ1n) is 1.78. The van der Waals surface area contributed by atoms with Gasteiger partial charge in [-0.15, -0.1) is 0 Å². The van der Waals surface area contributed by atoms with E-state index in [1.54, 1.807) is 0 Å². The van der Waals surface area contributed by atoms with Crippen molar-refractivity contribution in [2.75, 3.05) is 0 Å². The van der Waals surface area contributed by atoms with Crippen molar-refractivity contribution >= 4 is 5.97 Å². The van der Waals surface area contributed by atoms with E-state index in [1.165, 1.54) is 0 Å². The molecule has 54 valence electrons. The van der Waals surface area contributed by atoms with Gasteiger partial charge in [0.2, 0.25) is 0 Å². The summed E-state index contributed by atoms with van der Waals surface area (Å²) < 4.78 is 44.5. The average molecular weight is 146 g/mol. The van der Waals surface area contributed by atoms with E-state index in [4.69, 9.17) is 5.11 Å². The van der Waals surface area contributed by atoms with Crippen molar-refractivity contribution in [3.8, 4) is 0 Å². The highest BCUT2D eigenvalue weighted by atomic mass is 19.3. The Balaban J connectivity index is 4.19. The predicted octanol–water partition coefficient (Wildman–Crippen LogP) is 0.971. The van der Waals surface area contributed by atoms with Crippen LogP contribution in [0.5, 0.6) is 0 Å². The molecule has 0 aliphatic rings. The number of halogens is 4. The standard InChI is InChI=1S/C3H2F4O2/c4-1(5)3(6,7)2(8)9/h1H,(H,8,9). The van der Waals surface area contributed by atoms with Gasteiger partial charge in [-0.25, -0.2) is 13.6 Å². The molecule has 0 bridgehead atoms. The molecular formula is C3H2F4O2. The summed E-state index contributed by atoms with van der Waals surface area (Å²) in [6, 6.07) is 0. The molecule has 6 heteroatoms. The molecule has 0 amide bonds. The minimum atomic E-state index is -4.92. The average Bonchev–Trinajstić information content (AvgIpc) is 1.65. The zero-order valence-corrected chi connectivity index (χ0v) is 3.94. The van der Waals surface area contributed by atoms with Gasteiger partial charge in [0.15, 0.2) is 0 Å². The maximum Gasteiger partial charge on any atom is 0.401 e. The van der Waals surface area contributed by atoms with Crippen LogP contribution in [-0.2, 0) is 4.79 Å². The number of alkyl halides is 4. The molecule has 9 heavy (non-hydrogen) atoms. The van der Waals surface area contributed by atoms with Crippen molar-refractivity contribution in [2.24, 2.45) is 0 Å². The first-order valence-corrected chi connectivity index (χ1v) is 1.78. The van der Waals surface area contributed by atoms with Crippen molar-refractivity contribution in [2.45, 2.75) is 12.3 Å². The number of carbonyl (C=O) groups is 1. The van der Waals surface area contributed by atoms with E-state index < -0.39 is 18.3 Å². The molecule has 0 aromatic carbocycles. The van der Waals surface area contributed by atoms with E-state index >= 15 is 0 Å². The van der Waals surface area contributed by atoms with E-state index in [1.807, 2.05) is 0 Å². The van der Waals surface area contributed by atoms with Crippen LogP contribution in [0, 0.1) is 0 Å². The third-order valence-corrected chi connectivity index (χ3v) is 0.559. The largest absolute Gasteiger partial charge is 0.477 e. The molecule has 0 spiro atoms. The van der Waals surface area contributed by atoms with E-state index in [-0.39, 0.29) is 0 Å². The summed E-state index contributed by atoms with van der Waals surface area (Å²) in [4.78, 5) is 9.23. The highest BCUT2D eigenvalue weighted by molar-refractivity contribution is 5.75. The Morgan fingerprint density at radius 2 is 1.78 bits per heavy atom. The predicted molar refractivity (Wildman–Crippen MR) is 18.6 cm³/mol. The molecular weight excluding hydrogens is 144 g/mol. The summed E-state index contributed by atoms with van der Waals surface area (Å²) in [5.41, 5.74) is 0. The highest BCUT2D eigenvalue weighted by Crippen LogP contribution is 2.22. The Hall–Kier alpha value is -0.810. The molecule has 0 aliphatic carbocycles. The quantitative estimate of drug-likeness (QED) is 0.589. The number of hydrogen-bond donors (Lipinski definition) is 1. The fourth-order valence-corrected chi connectivity index (χ4v) is 0.0933. The second kappa shape index (κ2) is 2.20. The van der Waals surface area contributed by atoms with Crippen molar-refractivity contribution in [3.63, 3.8) is 0 Å². The molecule has 0 fully saturated rings. The lowest BCUT2D eigenvalue weighted by molar-refractivity contribution is -0.187. The molecule has 0 heterocycles. The topological polar surface area (TPSA) is 37.3 Å². The normalized spacial score (nSPS) is 12.1. The number of rotatable bonds is 2. The van der Waals surface area contributed by atoms with Gasteiger partial charge in [-0.05, 0) is 0 Å². The lowest BCUT2D eigenvalue weighted by Gasteiger charge is -2.07. The van der Waals surface area contributed by atoms with Crippen LogP contribution >= 0.6 is 0 Å². The maximum atomic E-state index is 11.3. The third kappa shape index (κ3) is 1.55. The van der Waals surface area contributed by atoms with Crippen LogP contribution in [0.1, 0.15) is 0 Å². The third-order valence-electron chi connectivity index (χ3n) is 0.559. The molecule has 0 saturated heterocycles. The zero-order chi connectivity index (χ0) is 7.65. The van der Waals surface area contributed by atoms with Crippen LogP contribution in [-0.4, -0.2) is 23.4 Å². The smallest absolute Gasteiger partial charge is 0.401 e. The Kier molecular flexibility index (Phi) is 2.00. The van der Waals surface area contributed by atoms with Crippen LogP contribution in [0.15, 0.2) is 0 Å². The number of carboxylic acids is 1. The molecule has 0 saturated carbocycles. The summed E-state index contributed by atoms with van der Waals surface area (Å²) >= 11 is 0. The fourth-order valence-electron chi connectivity index (χ4n) is 0.0933. The Bertz CT molecular complexity index is 121. The monoisotopic (exact) mass is 146 g/mol. The highest BCUT2D eigenvalue weighted by Gasteiger charge is 2.49. The van der Waals surface area contributed by atoms with Crippen LogP contribution in [0.25, 0.3) is 0 Å². The molecule has 2 nitrogen and oxygen atoms in total. The Labute approximate surface area is 47.1 Å². The molecule has 0 aromatic rings. The summed E-state index contributed by atoms with van der Waals surface area (Å²) in [5.74, 6) is -7.72. The van der Waals surface area contributed by atoms with E-state index in [2.05, 4.69) is 0 Å². The molecule has 0 aromatic heterocycles. The molecule has 0 aliphatic heterocycles. The number of carboxylic acid groups (broad SMARTS) is 1. The second-order valence-corrected chi connectivity index (χ2v) is 1.23. The van der Waals surface area contributed by atoms with Gasteiger partial charge in [-0.1, -0.05) is 0 Å². The van der Waals surface area contributed by atoms with Crippen LogP contribution in [0.3, 0.4) is 0 Å². The van der Waals surface area contributed by atoms with Gasteiger partial charge in [0.25, 0.3) is 0 Å². The minimum absolute atomic E-state index is 2.81. The van der Waals surface area contributed by atoms with E-state index in [9.17, 15) is 22.4 Å². The van der Waals surface area contributed by atoms with E-state index in [0.717, 1.165) is 0 Å². The van der Waals surface area contributed by atoms with Crippen molar-refractivity contribution in [1.82, 2.24) is 0 Å². The molecule has 0 atom stereocenters. The van der Waals surface area contributed by atoms with Gasteiger partial charge in [0, 0.05) is 0 Å². The lowest BCUT2D eigenvalue weighted by Crippen LogP contribution is -2.35. The van der Waals surface area contributed by atoms with Gasteiger partial charge in [0.1, 0.15) is 0 Å². The van der Waals surface area contributed by atoms with E-state index in [0.29, 0.717) is 0 Å². The number of aliphatic carboxylic acids is 1. The summed E-state index contributed by atoms with van der Waals surface area (Å²) in [7, 11) is 0. The Morgan fingerprint density at radius 1 is 1.44 bits per heavy atom. The summed E-state index contributed by atoms with van der Waals surface area (Å²) in [5, 5.41) is 7.38. The number of hydrogen-bond acceptors (Lipinski definition) is 1. The molecule has 0 rings (SSSR count). The lowest BCUT2D eigenvalue weighted by atomic mass is 10.4. The van der Waals surface area contributed by atoms with Gasteiger partial charge >= 0.3 is 18.3 Å². The zero-order valence-electron chi connectivity index (χ0n) is 3.94. The van der Waals surface area contributed by atoms with Gasteiger partial charge in [-0.3, -0.25) is 0 Å². The Morgan fingerprint density at radius 3 is 1.78 bits per heavy atom. The second-order valence-electron chi connectivity index (χ2n) is 1.23. The SMILES string of the molecule is O=C(O)C(F)(F)C(F)F. The van der Waals surface area contributed by atoms with Crippen LogP contribution < -0.4 is 0 Å². The maximum absolute atomic E-state index is 11.3. The molecule has 0 unspecified atom stereocenters. The minimum Gasteiger partial charge on any atom is -0.477 e. The molecule has 1 N–H and O–H groups in total. The summed E-state index contributed by atoms with van der Waals surface area (Å²) in [6.45, 7) is 0. The van der Waals surface area contributed by atoms with Crippen molar-refractivity contribution in [3.05, 3.63) is 0 Å². The summed E-state index contributed by atoms with van der Waals surface area (Å²) in [6.07, 6.45) is -4.14. The first-order chi connectivity index (χ1) is 3.89. The first kappa shape index (κ1) is 8.19. The molecule has 0 radical (unpaired) electrons. The van der Waals surface area contributed by atoms with Crippen LogP contribution in [0.2, 0.25) is 0 Å². The fraction of sp³-hybridized carbons (Fsp3) is 0.667. The van der Waals surface area contributed by atoms with Crippen molar-refractivity contribution < 1.29 is 27.5 Å². The van der Waals surface area contributed by atoms with Crippen LogP contribution in [0.4, 0.5) is 17.6 Å².